The molecule has 2 N–H and O–H groups in total. The lowest BCUT2D eigenvalue weighted by molar-refractivity contribution is 0.140. The lowest BCUT2D eigenvalue weighted by Gasteiger charge is -2.13. The maximum Gasteiger partial charge on any atom is 0.414 e. The van der Waals surface area contributed by atoms with Crippen molar-refractivity contribution in [1.82, 2.24) is 30.6 Å². The van der Waals surface area contributed by atoms with Crippen molar-refractivity contribution in [3.8, 4) is 11.4 Å². The molecule has 0 unspecified atom stereocenters. The quantitative estimate of drug-likeness (QED) is 0.744. The van der Waals surface area contributed by atoms with Crippen LogP contribution in [0.4, 0.5) is 14.9 Å². The zero-order valence-electron chi connectivity index (χ0n) is 13.2. The van der Waals surface area contributed by atoms with E-state index in [-0.39, 0.29) is 6.54 Å². The van der Waals surface area contributed by atoms with E-state index in [2.05, 4.69) is 30.6 Å². The number of H-pyrrole nitrogens is 2. The van der Waals surface area contributed by atoms with Crippen LogP contribution in [-0.4, -0.2) is 49.3 Å². The number of hydrogen-bond acceptors (Lipinski definition) is 6. The number of carbonyl (C=O) groups is 1. The summed E-state index contributed by atoms with van der Waals surface area (Å²) in [6.07, 6.45) is 1.13. The first-order valence-electron chi connectivity index (χ1n) is 7.63. The molecule has 9 nitrogen and oxygen atoms in total. The van der Waals surface area contributed by atoms with Crippen molar-refractivity contribution in [2.75, 3.05) is 11.4 Å². The van der Waals surface area contributed by atoms with E-state index in [4.69, 9.17) is 4.74 Å². The van der Waals surface area contributed by atoms with Gasteiger partial charge in [0.25, 0.3) is 0 Å². The van der Waals surface area contributed by atoms with Crippen LogP contribution in [0, 0.1) is 12.7 Å². The molecule has 0 bridgehead atoms. The molecule has 128 valence electrons. The summed E-state index contributed by atoms with van der Waals surface area (Å²) in [5, 5.41) is 13.3. The molecule has 1 aliphatic rings. The summed E-state index contributed by atoms with van der Waals surface area (Å²) in [6, 6.07) is 4.55. The number of ether oxygens (including phenoxy) is 1. The third kappa shape index (κ3) is 2.93. The van der Waals surface area contributed by atoms with Gasteiger partial charge in [-0.25, -0.2) is 19.3 Å². The molecular weight excluding hydrogens is 329 g/mol. The number of anilines is 1. The second kappa shape index (κ2) is 5.96. The highest BCUT2D eigenvalue weighted by molar-refractivity contribution is 5.90. The predicted molar refractivity (Wildman–Crippen MR) is 84.2 cm³/mol. The van der Waals surface area contributed by atoms with Gasteiger partial charge in [-0.1, -0.05) is 0 Å². The van der Waals surface area contributed by atoms with Gasteiger partial charge in [-0.3, -0.25) is 4.90 Å². The fraction of sp³-hybridized carbons (Fsp3) is 0.267. The van der Waals surface area contributed by atoms with Crippen molar-refractivity contribution < 1.29 is 13.9 Å². The van der Waals surface area contributed by atoms with Crippen LogP contribution in [0.15, 0.2) is 24.4 Å². The number of carbonyl (C=O) groups excluding carboxylic acids is 1. The van der Waals surface area contributed by atoms with Gasteiger partial charge in [0.2, 0.25) is 0 Å². The van der Waals surface area contributed by atoms with Gasteiger partial charge in [0, 0.05) is 12.6 Å². The highest BCUT2D eigenvalue weighted by Gasteiger charge is 2.33. The number of aryl methyl sites for hydroxylation is 1. The van der Waals surface area contributed by atoms with E-state index in [0.717, 1.165) is 5.69 Å². The van der Waals surface area contributed by atoms with Crippen molar-refractivity contribution in [2.24, 2.45) is 0 Å². The minimum absolute atomic E-state index is 0.290. The Morgan fingerprint density at radius 3 is 3.00 bits per heavy atom. The highest BCUT2D eigenvalue weighted by atomic mass is 19.1. The van der Waals surface area contributed by atoms with Crippen LogP contribution in [0.1, 0.15) is 11.5 Å². The SMILES string of the molecule is Cc1c[nH]c(-c2ccc(N3C[C@@H](Cc4nnn[nH]4)OC3=O)cc2F)n1. The van der Waals surface area contributed by atoms with Crippen molar-refractivity contribution in [1.29, 1.82) is 0 Å². The topological polar surface area (TPSA) is 113 Å². The van der Waals surface area contributed by atoms with Crippen molar-refractivity contribution in [3.63, 3.8) is 0 Å². The fourth-order valence-corrected chi connectivity index (χ4v) is 2.74. The average Bonchev–Trinajstić information content (AvgIpc) is 3.30. The molecule has 0 saturated carbocycles. The Kier molecular flexibility index (Phi) is 3.64. The van der Waals surface area contributed by atoms with Crippen LogP contribution in [0.3, 0.4) is 0 Å². The van der Waals surface area contributed by atoms with Gasteiger partial charge < -0.3 is 9.72 Å². The molecule has 3 heterocycles. The van der Waals surface area contributed by atoms with Gasteiger partial charge in [0.1, 0.15) is 17.7 Å². The van der Waals surface area contributed by atoms with Gasteiger partial charge in [-0.05, 0) is 35.5 Å². The van der Waals surface area contributed by atoms with Gasteiger partial charge in [-0.2, -0.15) is 0 Å². The zero-order chi connectivity index (χ0) is 17.4. The summed E-state index contributed by atoms with van der Waals surface area (Å²) in [7, 11) is 0. The van der Waals surface area contributed by atoms with E-state index in [9.17, 15) is 9.18 Å². The number of tetrazole rings is 1. The largest absolute Gasteiger partial charge is 0.443 e. The Balaban J connectivity index is 1.53. The summed E-state index contributed by atoms with van der Waals surface area (Å²) < 4.78 is 19.7. The van der Waals surface area contributed by atoms with E-state index in [1.807, 2.05) is 6.92 Å². The van der Waals surface area contributed by atoms with E-state index in [1.54, 1.807) is 18.3 Å². The molecule has 0 spiro atoms. The maximum atomic E-state index is 14.5. The van der Waals surface area contributed by atoms with Crippen molar-refractivity contribution >= 4 is 11.8 Å². The molecule has 4 rings (SSSR count). The van der Waals surface area contributed by atoms with Gasteiger partial charge in [-0.15, -0.1) is 5.10 Å². The van der Waals surface area contributed by atoms with Crippen LogP contribution < -0.4 is 4.90 Å². The number of halogens is 1. The second-order valence-electron chi connectivity index (χ2n) is 5.72. The van der Waals surface area contributed by atoms with Crippen LogP contribution in [0.5, 0.6) is 0 Å². The number of benzene rings is 1. The molecule has 1 fully saturated rings. The predicted octanol–water partition coefficient (Wildman–Crippen LogP) is 1.61. The van der Waals surface area contributed by atoms with Crippen LogP contribution >= 0.6 is 0 Å². The molecule has 2 aromatic heterocycles. The number of aromatic amines is 2. The molecular formula is C15H14FN7O2. The van der Waals surface area contributed by atoms with E-state index in [1.165, 1.54) is 11.0 Å². The molecule has 1 amide bonds. The summed E-state index contributed by atoms with van der Waals surface area (Å²) in [6.45, 7) is 2.11. The van der Waals surface area contributed by atoms with Gasteiger partial charge in [0.15, 0.2) is 5.82 Å². The maximum absolute atomic E-state index is 14.5. The van der Waals surface area contributed by atoms with E-state index < -0.39 is 18.0 Å². The minimum Gasteiger partial charge on any atom is -0.443 e. The van der Waals surface area contributed by atoms with Crippen LogP contribution in [0.2, 0.25) is 0 Å². The fourth-order valence-electron chi connectivity index (χ4n) is 2.74. The Morgan fingerprint density at radius 2 is 2.32 bits per heavy atom. The first-order chi connectivity index (χ1) is 12.1. The lowest BCUT2D eigenvalue weighted by Crippen LogP contribution is -2.25. The first-order valence-corrected chi connectivity index (χ1v) is 7.63. The van der Waals surface area contributed by atoms with E-state index in [0.29, 0.717) is 29.3 Å². The number of aromatic nitrogens is 6. The molecule has 3 aromatic rings. The Morgan fingerprint density at radius 1 is 1.44 bits per heavy atom. The highest BCUT2D eigenvalue weighted by Crippen LogP contribution is 2.28. The molecule has 1 aromatic carbocycles. The molecule has 10 heteroatoms. The summed E-state index contributed by atoms with van der Waals surface area (Å²) in [5.41, 5.74) is 1.53. The second-order valence-corrected chi connectivity index (χ2v) is 5.72. The number of cyclic esters (lactones) is 1. The number of nitrogens with one attached hydrogen (secondary N) is 2. The third-order valence-corrected chi connectivity index (χ3v) is 3.91. The Hall–Kier alpha value is -3.30. The third-order valence-electron chi connectivity index (χ3n) is 3.91. The van der Waals surface area contributed by atoms with Crippen LogP contribution in [0.25, 0.3) is 11.4 Å². The molecule has 25 heavy (non-hydrogen) atoms. The summed E-state index contributed by atoms with van der Waals surface area (Å²) in [5.74, 6) is 0.498. The molecule has 0 aliphatic carbocycles. The van der Waals surface area contributed by atoms with E-state index >= 15 is 0 Å². The number of rotatable bonds is 4. The average molecular weight is 343 g/mol. The van der Waals surface area contributed by atoms with Crippen molar-refractivity contribution in [3.05, 3.63) is 41.7 Å². The zero-order valence-corrected chi connectivity index (χ0v) is 13.2. The Labute approximate surface area is 141 Å². The standard InChI is InChI=1S/C15H14FN7O2/c1-8-6-17-14(18-8)11-3-2-9(4-12(11)16)23-7-10(25-15(23)24)5-13-19-21-22-20-13/h2-4,6,10H,5,7H2,1H3,(H,17,18)(H,19,20,21,22)/t10-/m1/s1. The number of imidazole rings is 1. The smallest absolute Gasteiger partial charge is 0.414 e. The number of amides is 1. The monoisotopic (exact) mass is 343 g/mol. The number of hydrogen-bond donors (Lipinski definition) is 2. The summed E-state index contributed by atoms with van der Waals surface area (Å²) in [4.78, 5) is 20.6. The molecule has 1 saturated heterocycles. The van der Waals surface area contributed by atoms with Gasteiger partial charge in [0.05, 0.1) is 23.5 Å². The summed E-state index contributed by atoms with van der Waals surface area (Å²) >= 11 is 0. The van der Waals surface area contributed by atoms with Crippen LogP contribution in [-0.2, 0) is 11.2 Å². The molecule has 1 aliphatic heterocycles. The van der Waals surface area contributed by atoms with Gasteiger partial charge >= 0.3 is 6.09 Å². The minimum atomic E-state index is -0.529. The number of nitrogens with zero attached hydrogens (tertiary/aromatic N) is 5. The molecule has 1 atom stereocenters. The first kappa shape index (κ1) is 15.2. The molecule has 0 radical (unpaired) electrons. The normalized spacial score (nSPS) is 17.1. The van der Waals surface area contributed by atoms with Crippen molar-refractivity contribution in [2.45, 2.75) is 19.4 Å². The Bertz CT molecular complexity index is 909. The lowest BCUT2D eigenvalue weighted by atomic mass is 10.1.